The summed E-state index contributed by atoms with van der Waals surface area (Å²) in [5.41, 5.74) is 12.8. The first-order chi connectivity index (χ1) is 25.3. The number of hydrogen-bond donors (Lipinski definition) is 0. The number of rotatable bonds is 7. The molecule has 0 unspecified atom stereocenters. The lowest BCUT2D eigenvalue weighted by atomic mass is 9.94. The van der Waals surface area contributed by atoms with Crippen molar-refractivity contribution in [2.24, 2.45) is 0 Å². The van der Waals surface area contributed by atoms with Crippen molar-refractivity contribution in [3.05, 3.63) is 212 Å². The van der Waals surface area contributed by atoms with Crippen molar-refractivity contribution < 1.29 is 0 Å². The van der Waals surface area contributed by atoms with E-state index in [4.69, 9.17) is 0 Å². The van der Waals surface area contributed by atoms with Gasteiger partial charge in [0, 0.05) is 16.9 Å². The van der Waals surface area contributed by atoms with Gasteiger partial charge in [0.15, 0.2) is 0 Å². The van der Waals surface area contributed by atoms with Gasteiger partial charge < -0.3 is 4.90 Å². The predicted molar refractivity (Wildman–Crippen MR) is 218 cm³/mol. The second-order valence-electron chi connectivity index (χ2n) is 13.0. The van der Waals surface area contributed by atoms with E-state index in [0.717, 1.165) is 17.1 Å². The smallest absolute Gasteiger partial charge is 0.0546 e. The maximum Gasteiger partial charge on any atom is 0.0546 e. The Morgan fingerprint density at radius 2 is 0.608 bits per heavy atom. The molecule has 1 heteroatoms. The summed E-state index contributed by atoms with van der Waals surface area (Å²) in [7, 11) is 0. The van der Waals surface area contributed by atoms with Crippen LogP contribution in [0.3, 0.4) is 0 Å². The van der Waals surface area contributed by atoms with Crippen LogP contribution in [-0.2, 0) is 0 Å². The molecule has 51 heavy (non-hydrogen) atoms. The number of nitrogens with zero attached hydrogens (tertiary/aromatic N) is 1. The van der Waals surface area contributed by atoms with E-state index in [1.807, 2.05) is 0 Å². The monoisotopic (exact) mass is 649 g/mol. The van der Waals surface area contributed by atoms with Crippen molar-refractivity contribution in [3.63, 3.8) is 0 Å². The molecule has 0 N–H and O–H groups in total. The fourth-order valence-electron chi connectivity index (χ4n) is 7.16. The van der Waals surface area contributed by atoms with Gasteiger partial charge in [0.05, 0.1) is 5.69 Å². The highest BCUT2D eigenvalue weighted by Gasteiger charge is 2.19. The fourth-order valence-corrected chi connectivity index (χ4v) is 7.16. The van der Waals surface area contributed by atoms with E-state index in [1.54, 1.807) is 0 Å². The van der Waals surface area contributed by atoms with E-state index >= 15 is 0 Å². The molecular weight excluding hydrogens is 615 g/mol. The first kappa shape index (κ1) is 30.4. The van der Waals surface area contributed by atoms with Crippen molar-refractivity contribution in [2.45, 2.75) is 0 Å². The van der Waals surface area contributed by atoms with E-state index in [9.17, 15) is 0 Å². The quantitative estimate of drug-likeness (QED) is 0.166. The number of fused-ring (bicyclic) bond motifs is 2. The van der Waals surface area contributed by atoms with E-state index in [-0.39, 0.29) is 0 Å². The van der Waals surface area contributed by atoms with Crippen molar-refractivity contribution in [1.82, 2.24) is 0 Å². The molecule has 0 aliphatic heterocycles. The Bertz CT molecular complexity index is 2520. The molecule has 0 radical (unpaired) electrons. The Morgan fingerprint density at radius 3 is 1.14 bits per heavy atom. The second-order valence-corrected chi connectivity index (χ2v) is 13.0. The molecule has 0 saturated heterocycles. The number of anilines is 3. The molecule has 0 saturated carbocycles. The SMILES string of the molecule is c1ccc(-c2ccc(N(c3ccc(-c4ccccc4)cc3)c3cc(-c4ccc5ccccc5c4)ccc3-c3ccc4ccccc4c3)cc2)cc1. The molecule has 0 aromatic heterocycles. The minimum absolute atomic E-state index is 1.10. The van der Waals surface area contributed by atoms with E-state index in [2.05, 4.69) is 217 Å². The standard InChI is InChI=1S/C50H35N/c1-3-11-36(12-4-1)40-23-28-47(29-24-40)51(48-30-25-41(26-31-48)37-13-5-2-6-14-37)50-35-45(44-21-19-38-15-7-9-17-42(38)33-44)27-32-49(50)46-22-20-39-16-8-10-18-43(39)34-46/h1-35H. The molecule has 0 heterocycles. The minimum Gasteiger partial charge on any atom is -0.310 e. The van der Waals surface area contributed by atoms with Crippen LogP contribution in [0.15, 0.2) is 212 Å². The molecule has 1 nitrogen and oxygen atoms in total. The predicted octanol–water partition coefficient (Wildman–Crippen LogP) is 14.1. The highest BCUT2D eigenvalue weighted by atomic mass is 15.1. The van der Waals surface area contributed by atoms with Crippen molar-refractivity contribution >= 4 is 38.6 Å². The molecule has 9 aromatic rings. The van der Waals surface area contributed by atoms with Crippen molar-refractivity contribution in [1.29, 1.82) is 0 Å². The van der Waals surface area contributed by atoms with Crippen LogP contribution >= 0.6 is 0 Å². The Balaban J connectivity index is 1.25. The van der Waals surface area contributed by atoms with Gasteiger partial charge in [-0.05, 0) is 103 Å². The van der Waals surface area contributed by atoms with Crippen LogP contribution in [0.25, 0.3) is 66.1 Å². The zero-order valence-corrected chi connectivity index (χ0v) is 28.2. The fraction of sp³-hybridized carbons (Fsp3) is 0. The highest BCUT2D eigenvalue weighted by molar-refractivity contribution is 5.96. The molecule has 9 rings (SSSR count). The van der Waals surface area contributed by atoms with Gasteiger partial charge in [-0.2, -0.15) is 0 Å². The van der Waals surface area contributed by atoms with Crippen LogP contribution < -0.4 is 4.90 Å². The lowest BCUT2D eigenvalue weighted by Crippen LogP contribution is -2.11. The third kappa shape index (κ3) is 6.07. The Morgan fingerprint density at radius 1 is 0.235 bits per heavy atom. The van der Waals surface area contributed by atoms with Crippen LogP contribution in [0.4, 0.5) is 17.1 Å². The second kappa shape index (κ2) is 13.3. The normalized spacial score (nSPS) is 11.1. The molecule has 240 valence electrons. The summed E-state index contributed by atoms with van der Waals surface area (Å²) in [6.45, 7) is 0. The largest absolute Gasteiger partial charge is 0.310 e. The van der Waals surface area contributed by atoms with Gasteiger partial charge in [0.2, 0.25) is 0 Å². The van der Waals surface area contributed by atoms with Crippen LogP contribution in [0.1, 0.15) is 0 Å². The van der Waals surface area contributed by atoms with E-state index in [0.29, 0.717) is 0 Å². The molecule has 0 aliphatic carbocycles. The summed E-state index contributed by atoms with van der Waals surface area (Å²) < 4.78 is 0. The number of hydrogen-bond acceptors (Lipinski definition) is 1. The Hall–Kier alpha value is -6.70. The van der Waals surface area contributed by atoms with Gasteiger partial charge in [-0.25, -0.2) is 0 Å². The average molecular weight is 650 g/mol. The molecular formula is C50H35N. The maximum absolute atomic E-state index is 2.42. The zero-order valence-electron chi connectivity index (χ0n) is 28.2. The van der Waals surface area contributed by atoms with Crippen LogP contribution in [-0.4, -0.2) is 0 Å². The molecule has 9 aromatic carbocycles. The van der Waals surface area contributed by atoms with Gasteiger partial charge >= 0.3 is 0 Å². The van der Waals surface area contributed by atoms with Crippen LogP contribution in [0.5, 0.6) is 0 Å². The molecule has 0 bridgehead atoms. The topological polar surface area (TPSA) is 3.24 Å². The Kier molecular flexibility index (Phi) is 7.92. The lowest BCUT2D eigenvalue weighted by Gasteiger charge is -2.29. The van der Waals surface area contributed by atoms with Gasteiger partial charge in [-0.1, -0.05) is 170 Å². The Labute approximate surface area is 299 Å². The molecule has 0 spiro atoms. The third-order valence-corrected chi connectivity index (χ3v) is 9.85. The van der Waals surface area contributed by atoms with Gasteiger partial charge in [0.25, 0.3) is 0 Å². The first-order valence-electron chi connectivity index (χ1n) is 17.5. The van der Waals surface area contributed by atoms with Gasteiger partial charge in [0.1, 0.15) is 0 Å². The molecule has 0 fully saturated rings. The summed E-state index contributed by atoms with van der Waals surface area (Å²) in [6.07, 6.45) is 0. The number of benzene rings is 9. The van der Waals surface area contributed by atoms with Crippen molar-refractivity contribution in [3.8, 4) is 44.5 Å². The van der Waals surface area contributed by atoms with Crippen molar-refractivity contribution in [2.75, 3.05) is 4.90 Å². The summed E-state index contributed by atoms with van der Waals surface area (Å²) in [6, 6.07) is 76.8. The average Bonchev–Trinajstić information content (AvgIpc) is 3.22. The third-order valence-electron chi connectivity index (χ3n) is 9.85. The first-order valence-corrected chi connectivity index (χ1v) is 17.5. The molecule has 0 amide bonds. The van der Waals surface area contributed by atoms with Crippen LogP contribution in [0, 0.1) is 0 Å². The van der Waals surface area contributed by atoms with E-state index < -0.39 is 0 Å². The van der Waals surface area contributed by atoms with E-state index in [1.165, 1.54) is 66.1 Å². The summed E-state index contributed by atoms with van der Waals surface area (Å²) in [5.74, 6) is 0. The maximum atomic E-state index is 2.42. The summed E-state index contributed by atoms with van der Waals surface area (Å²) >= 11 is 0. The lowest BCUT2D eigenvalue weighted by molar-refractivity contribution is 1.28. The highest BCUT2D eigenvalue weighted by Crippen LogP contribution is 2.44. The summed E-state index contributed by atoms with van der Waals surface area (Å²) in [4.78, 5) is 2.42. The minimum atomic E-state index is 1.10. The molecule has 0 atom stereocenters. The molecule has 0 aliphatic rings. The summed E-state index contributed by atoms with van der Waals surface area (Å²) in [5, 5.41) is 4.94. The van der Waals surface area contributed by atoms with Crippen LogP contribution in [0.2, 0.25) is 0 Å². The van der Waals surface area contributed by atoms with Gasteiger partial charge in [-0.3, -0.25) is 0 Å². The zero-order chi connectivity index (χ0) is 34.0. The van der Waals surface area contributed by atoms with Gasteiger partial charge in [-0.15, -0.1) is 0 Å².